The monoisotopic (exact) mass is 324 g/mol. The molecular weight excluding hydrogens is 296 g/mol. The summed E-state index contributed by atoms with van der Waals surface area (Å²) in [4.78, 5) is 2.69. The van der Waals surface area contributed by atoms with Crippen molar-refractivity contribution < 1.29 is 5.11 Å². The largest absolute Gasteiger partial charge is 0.507 e. The minimum absolute atomic E-state index is 0.400. The molecule has 1 aliphatic carbocycles. The average Bonchev–Trinajstić information content (AvgIpc) is 2.66. The van der Waals surface area contributed by atoms with Gasteiger partial charge in [-0.25, -0.2) is 0 Å². The van der Waals surface area contributed by atoms with Crippen molar-refractivity contribution in [1.82, 2.24) is 10.2 Å². The van der Waals surface area contributed by atoms with E-state index in [4.69, 9.17) is 0 Å². The Hall–Kier alpha value is -1.58. The number of phenolic OH excluding ortho intramolecular Hbond substituents is 1. The highest BCUT2D eigenvalue weighted by atomic mass is 16.3. The molecular formula is C21H28N2O. The van der Waals surface area contributed by atoms with Crippen molar-refractivity contribution in [3.63, 3.8) is 0 Å². The number of piperazine rings is 1. The number of hydrogen-bond donors (Lipinski definition) is 2. The molecule has 0 bridgehead atoms. The van der Waals surface area contributed by atoms with Crippen LogP contribution in [0.25, 0.3) is 10.8 Å². The molecule has 0 spiro atoms. The predicted molar refractivity (Wildman–Crippen MR) is 99.4 cm³/mol. The van der Waals surface area contributed by atoms with Crippen molar-refractivity contribution in [2.75, 3.05) is 26.2 Å². The summed E-state index contributed by atoms with van der Waals surface area (Å²) >= 11 is 0. The number of nitrogens with one attached hydrogen (secondary N) is 1. The fraction of sp³-hybridized carbons (Fsp3) is 0.524. The Bertz CT molecular complexity index is 669. The third kappa shape index (κ3) is 3.03. The summed E-state index contributed by atoms with van der Waals surface area (Å²) in [7, 11) is 0. The Labute approximate surface area is 144 Å². The second-order valence-corrected chi connectivity index (χ2v) is 7.35. The molecule has 2 fully saturated rings. The van der Waals surface area contributed by atoms with Crippen LogP contribution in [0.4, 0.5) is 0 Å². The second kappa shape index (κ2) is 7.12. The summed E-state index contributed by atoms with van der Waals surface area (Å²) < 4.78 is 0. The molecule has 4 rings (SSSR count). The Morgan fingerprint density at radius 1 is 0.917 bits per heavy atom. The van der Waals surface area contributed by atoms with Crippen LogP contribution in [0.1, 0.15) is 43.7 Å². The van der Waals surface area contributed by atoms with Crippen molar-refractivity contribution in [3.05, 3.63) is 42.0 Å². The van der Waals surface area contributed by atoms with E-state index in [1.54, 1.807) is 0 Å². The van der Waals surface area contributed by atoms with Gasteiger partial charge in [0, 0.05) is 37.6 Å². The summed E-state index contributed by atoms with van der Waals surface area (Å²) in [5.41, 5.74) is 1.41. The lowest BCUT2D eigenvalue weighted by Crippen LogP contribution is -2.47. The van der Waals surface area contributed by atoms with Gasteiger partial charge in [-0.1, -0.05) is 49.6 Å². The number of aromatic hydroxyl groups is 1. The molecule has 128 valence electrons. The first-order valence-electron chi connectivity index (χ1n) is 9.50. The zero-order valence-electron chi connectivity index (χ0n) is 14.4. The third-order valence-corrected chi connectivity index (χ3v) is 5.89. The number of rotatable bonds is 3. The van der Waals surface area contributed by atoms with E-state index in [0.29, 0.717) is 11.8 Å². The minimum Gasteiger partial charge on any atom is -0.507 e. The Morgan fingerprint density at radius 3 is 2.38 bits per heavy atom. The molecule has 3 nitrogen and oxygen atoms in total. The van der Waals surface area contributed by atoms with Gasteiger partial charge in [0.25, 0.3) is 0 Å². The van der Waals surface area contributed by atoms with Crippen LogP contribution in [0.3, 0.4) is 0 Å². The van der Waals surface area contributed by atoms with Crippen LogP contribution in [0, 0.1) is 5.92 Å². The van der Waals surface area contributed by atoms with E-state index in [9.17, 15) is 5.11 Å². The first-order valence-corrected chi connectivity index (χ1v) is 9.50. The van der Waals surface area contributed by atoms with Gasteiger partial charge in [-0.05, 0) is 35.8 Å². The summed E-state index contributed by atoms with van der Waals surface area (Å²) in [6, 6.07) is 12.9. The molecule has 1 atom stereocenters. The van der Waals surface area contributed by atoms with Crippen LogP contribution in [0.15, 0.2) is 36.4 Å². The second-order valence-electron chi connectivity index (χ2n) is 7.35. The van der Waals surface area contributed by atoms with Gasteiger partial charge in [0.15, 0.2) is 0 Å². The molecule has 24 heavy (non-hydrogen) atoms. The summed E-state index contributed by atoms with van der Waals surface area (Å²) in [5, 5.41) is 16.0. The lowest BCUT2D eigenvalue weighted by Gasteiger charge is -2.41. The molecule has 2 aromatic rings. The van der Waals surface area contributed by atoms with Crippen molar-refractivity contribution in [3.8, 4) is 5.75 Å². The summed E-state index contributed by atoms with van der Waals surface area (Å²) in [5.74, 6) is 1.14. The van der Waals surface area contributed by atoms with E-state index in [0.717, 1.165) is 37.5 Å². The van der Waals surface area contributed by atoms with Gasteiger partial charge in [-0.2, -0.15) is 0 Å². The molecule has 0 unspecified atom stereocenters. The standard InChI is InChI=1S/C21H28N2O/c24-20-11-10-19(17-8-4-5-9-18(17)20)21(16-6-2-1-3-7-16)23-14-12-22-13-15-23/h4-5,8-11,16,21-22,24H,1-3,6-7,12-15H2/t21-/m1/s1. The Balaban J connectivity index is 1.79. The number of phenols is 1. The van der Waals surface area contributed by atoms with Crippen molar-refractivity contribution in [1.29, 1.82) is 0 Å². The van der Waals surface area contributed by atoms with Gasteiger partial charge in [0.1, 0.15) is 5.75 Å². The fourth-order valence-corrected chi connectivity index (χ4v) is 4.72. The molecule has 0 amide bonds. The van der Waals surface area contributed by atoms with E-state index in [2.05, 4.69) is 28.4 Å². The average molecular weight is 324 g/mol. The first-order chi connectivity index (χ1) is 11.8. The maximum Gasteiger partial charge on any atom is 0.123 e. The van der Waals surface area contributed by atoms with Gasteiger partial charge in [-0.15, -0.1) is 0 Å². The number of benzene rings is 2. The highest BCUT2D eigenvalue weighted by Gasteiger charge is 2.32. The van der Waals surface area contributed by atoms with E-state index >= 15 is 0 Å². The van der Waals surface area contributed by atoms with Crippen LogP contribution in [-0.4, -0.2) is 36.2 Å². The molecule has 1 saturated carbocycles. The Morgan fingerprint density at radius 2 is 1.62 bits per heavy atom. The molecule has 2 aromatic carbocycles. The van der Waals surface area contributed by atoms with Crippen LogP contribution >= 0.6 is 0 Å². The highest BCUT2D eigenvalue weighted by Crippen LogP contribution is 2.42. The molecule has 1 saturated heterocycles. The smallest absolute Gasteiger partial charge is 0.123 e. The van der Waals surface area contributed by atoms with E-state index in [-0.39, 0.29) is 0 Å². The number of fused-ring (bicyclic) bond motifs is 1. The van der Waals surface area contributed by atoms with Crippen LogP contribution in [0.5, 0.6) is 5.75 Å². The number of hydrogen-bond acceptors (Lipinski definition) is 3. The highest BCUT2D eigenvalue weighted by molar-refractivity contribution is 5.91. The van der Waals surface area contributed by atoms with Crippen LogP contribution in [-0.2, 0) is 0 Å². The van der Waals surface area contributed by atoms with Crippen LogP contribution < -0.4 is 5.32 Å². The van der Waals surface area contributed by atoms with E-state index in [1.165, 1.54) is 43.1 Å². The molecule has 0 radical (unpaired) electrons. The maximum atomic E-state index is 10.3. The lowest BCUT2D eigenvalue weighted by molar-refractivity contribution is 0.104. The summed E-state index contributed by atoms with van der Waals surface area (Å²) in [6.07, 6.45) is 6.79. The van der Waals surface area contributed by atoms with Gasteiger partial charge in [-0.3, -0.25) is 4.90 Å². The van der Waals surface area contributed by atoms with Crippen LogP contribution in [0.2, 0.25) is 0 Å². The van der Waals surface area contributed by atoms with Crippen molar-refractivity contribution >= 4 is 10.8 Å². The molecule has 3 heteroatoms. The molecule has 2 aliphatic rings. The summed E-state index contributed by atoms with van der Waals surface area (Å²) in [6.45, 7) is 4.41. The minimum atomic E-state index is 0.400. The predicted octanol–water partition coefficient (Wildman–Crippen LogP) is 4.07. The van der Waals surface area contributed by atoms with E-state index in [1.807, 2.05) is 18.2 Å². The maximum absolute atomic E-state index is 10.3. The molecule has 1 aliphatic heterocycles. The third-order valence-electron chi connectivity index (χ3n) is 5.89. The first kappa shape index (κ1) is 15.9. The van der Waals surface area contributed by atoms with Crippen molar-refractivity contribution in [2.24, 2.45) is 5.92 Å². The van der Waals surface area contributed by atoms with Gasteiger partial charge in [0.05, 0.1) is 0 Å². The quantitative estimate of drug-likeness (QED) is 0.893. The molecule has 0 aromatic heterocycles. The van der Waals surface area contributed by atoms with Gasteiger partial charge in [0.2, 0.25) is 0 Å². The topological polar surface area (TPSA) is 35.5 Å². The Kier molecular flexibility index (Phi) is 4.72. The van der Waals surface area contributed by atoms with E-state index < -0.39 is 0 Å². The number of nitrogens with zero attached hydrogens (tertiary/aromatic N) is 1. The SMILES string of the molecule is Oc1ccc([C@@H](C2CCCCC2)N2CCNCC2)c2ccccc12. The lowest BCUT2D eigenvalue weighted by atomic mass is 9.79. The van der Waals surface area contributed by atoms with Gasteiger partial charge < -0.3 is 10.4 Å². The zero-order chi connectivity index (χ0) is 16.4. The van der Waals surface area contributed by atoms with Crippen molar-refractivity contribution in [2.45, 2.75) is 38.1 Å². The normalized spacial score (nSPS) is 21.8. The fourth-order valence-electron chi connectivity index (χ4n) is 4.72. The van der Waals surface area contributed by atoms with Gasteiger partial charge >= 0.3 is 0 Å². The molecule has 1 heterocycles. The molecule has 2 N–H and O–H groups in total. The zero-order valence-corrected chi connectivity index (χ0v) is 14.4.